The fraction of sp³-hybridized carbons (Fsp3) is 0.238. The minimum absolute atomic E-state index is 0.244. The van der Waals surface area contributed by atoms with Crippen LogP contribution in [-0.2, 0) is 16.0 Å². The number of amides is 1. The molecule has 1 aromatic carbocycles. The van der Waals surface area contributed by atoms with E-state index in [0.717, 1.165) is 16.5 Å². The molecule has 0 spiro atoms. The predicted octanol–water partition coefficient (Wildman–Crippen LogP) is 4.49. The van der Waals surface area contributed by atoms with E-state index in [1.54, 1.807) is 18.5 Å². The number of rotatable bonds is 4. The molecule has 8 heteroatoms. The fourth-order valence-electron chi connectivity index (χ4n) is 3.55. The maximum Gasteiger partial charge on any atom is 0.341 e. The summed E-state index contributed by atoms with van der Waals surface area (Å²) in [6, 6.07) is 7.87. The Kier molecular flexibility index (Phi) is 5.34. The molecule has 0 fully saturated rings. The number of carbonyl (C=O) groups excluding carboxylic acids is 2. The lowest BCUT2D eigenvalue weighted by Gasteiger charge is -2.18. The van der Waals surface area contributed by atoms with Gasteiger partial charge < -0.3 is 19.4 Å². The average Bonchev–Trinajstić information content (AvgIpc) is 3.21. The summed E-state index contributed by atoms with van der Waals surface area (Å²) in [5, 5.41) is 2.70. The van der Waals surface area contributed by atoms with Crippen LogP contribution < -0.4 is 4.74 Å². The molecule has 0 aliphatic carbocycles. The van der Waals surface area contributed by atoms with E-state index in [0.29, 0.717) is 39.9 Å². The van der Waals surface area contributed by atoms with E-state index in [9.17, 15) is 9.59 Å². The van der Waals surface area contributed by atoms with E-state index in [2.05, 4.69) is 4.98 Å². The molecular formula is C21H19ClN2O4S. The Balaban J connectivity index is 1.80. The quantitative estimate of drug-likeness (QED) is 0.619. The molecular weight excluding hydrogens is 412 g/mol. The molecule has 0 saturated carbocycles. The number of benzene rings is 1. The number of hydrogen-bond acceptors (Lipinski definition) is 5. The lowest BCUT2D eigenvalue weighted by atomic mass is 10.0. The highest BCUT2D eigenvalue weighted by Gasteiger charge is 2.29. The molecule has 0 atom stereocenters. The summed E-state index contributed by atoms with van der Waals surface area (Å²) in [6.07, 6.45) is 2.15. The molecule has 0 saturated heterocycles. The first-order valence-electron chi connectivity index (χ1n) is 9.16. The van der Waals surface area contributed by atoms with Gasteiger partial charge in [0.1, 0.15) is 4.34 Å². The van der Waals surface area contributed by atoms with Crippen molar-refractivity contribution in [2.75, 3.05) is 20.3 Å². The van der Waals surface area contributed by atoms with E-state index < -0.39 is 5.97 Å². The van der Waals surface area contributed by atoms with E-state index in [1.165, 1.54) is 23.3 Å². The van der Waals surface area contributed by atoms with Crippen LogP contribution in [0.1, 0.15) is 28.5 Å². The van der Waals surface area contributed by atoms with Gasteiger partial charge in [-0.2, -0.15) is 0 Å². The van der Waals surface area contributed by atoms with E-state index in [4.69, 9.17) is 21.1 Å². The van der Waals surface area contributed by atoms with Crippen LogP contribution >= 0.6 is 22.9 Å². The molecule has 4 rings (SSSR count). The molecule has 0 unspecified atom stereocenters. The summed E-state index contributed by atoms with van der Waals surface area (Å²) in [5.74, 6) is -0.405. The number of methoxy groups -OCH3 is 1. The number of esters is 1. The molecule has 1 N–H and O–H groups in total. The van der Waals surface area contributed by atoms with Crippen LogP contribution in [0.3, 0.4) is 0 Å². The standard InChI is InChI=1S/C21H19ClN2O4S/c1-3-28-21(26)14-10-24(20(25)15-11-29-19(22)18(15)27-2)9-8-13-12-6-4-5-7-16(12)23-17(13)14/h4-7,10-11,23H,3,8-9H2,1-2H3. The third-order valence-electron chi connectivity index (χ3n) is 4.86. The van der Waals surface area contributed by atoms with Crippen molar-refractivity contribution in [1.82, 2.24) is 9.88 Å². The maximum absolute atomic E-state index is 13.2. The molecule has 1 aliphatic rings. The second kappa shape index (κ2) is 7.93. The van der Waals surface area contributed by atoms with Crippen LogP contribution in [-0.4, -0.2) is 42.0 Å². The lowest BCUT2D eigenvalue weighted by molar-refractivity contribution is -0.136. The number of carbonyl (C=O) groups is 2. The van der Waals surface area contributed by atoms with Gasteiger partial charge in [-0.3, -0.25) is 4.79 Å². The molecule has 1 amide bonds. The van der Waals surface area contributed by atoms with Crippen molar-refractivity contribution in [2.45, 2.75) is 13.3 Å². The Morgan fingerprint density at radius 2 is 2.10 bits per heavy atom. The normalized spacial score (nSPS) is 13.6. The van der Waals surface area contributed by atoms with Gasteiger partial charge >= 0.3 is 5.97 Å². The van der Waals surface area contributed by atoms with Gasteiger partial charge in [-0.15, -0.1) is 11.3 Å². The number of thiophene rings is 1. The number of para-hydroxylation sites is 1. The molecule has 3 aromatic rings. The van der Waals surface area contributed by atoms with Crippen molar-refractivity contribution in [3.8, 4) is 5.75 Å². The van der Waals surface area contributed by atoms with E-state index >= 15 is 0 Å². The SMILES string of the molecule is CCOC(=O)C1=CN(C(=O)c2csc(Cl)c2OC)CCc2c1[nH]c1ccccc21. The summed E-state index contributed by atoms with van der Waals surface area (Å²) in [7, 11) is 1.48. The molecule has 1 aliphatic heterocycles. The minimum atomic E-state index is -0.477. The molecule has 0 radical (unpaired) electrons. The zero-order chi connectivity index (χ0) is 20.5. The van der Waals surface area contributed by atoms with E-state index in [-0.39, 0.29) is 12.5 Å². The topological polar surface area (TPSA) is 71.6 Å². The summed E-state index contributed by atoms with van der Waals surface area (Å²) in [6.45, 7) is 2.41. The first kappa shape index (κ1) is 19.5. The van der Waals surface area contributed by atoms with Crippen LogP contribution in [0.4, 0.5) is 0 Å². The van der Waals surface area contributed by atoms with Gasteiger partial charge in [0.05, 0.1) is 30.5 Å². The smallest absolute Gasteiger partial charge is 0.341 e. The average molecular weight is 431 g/mol. The number of nitrogens with zero attached hydrogens (tertiary/aromatic N) is 1. The van der Waals surface area contributed by atoms with Crippen LogP contribution in [0.2, 0.25) is 4.34 Å². The van der Waals surface area contributed by atoms with Crippen LogP contribution in [0.5, 0.6) is 5.75 Å². The molecule has 0 bridgehead atoms. The third kappa shape index (κ3) is 3.41. The number of nitrogens with one attached hydrogen (secondary N) is 1. The number of ether oxygens (including phenoxy) is 2. The maximum atomic E-state index is 13.2. The Morgan fingerprint density at radius 3 is 2.86 bits per heavy atom. The van der Waals surface area contributed by atoms with Crippen molar-refractivity contribution in [1.29, 1.82) is 0 Å². The number of aromatic nitrogens is 1. The zero-order valence-electron chi connectivity index (χ0n) is 16.0. The molecule has 6 nitrogen and oxygen atoms in total. The van der Waals surface area contributed by atoms with Crippen LogP contribution in [0.25, 0.3) is 16.5 Å². The van der Waals surface area contributed by atoms with Crippen LogP contribution in [0, 0.1) is 0 Å². The monoisotopic (exact) mass is 430 g/mol. The predicted molar refractivity (Wildman–Crippen MR) is 114 cm³/mol. The van der Waals surface area contributed by atoms with Gasteiger partial charge in [0.2, 0.25) is 0 Å². The lowest BCUT2D eigenvalue weighted by Crippen LogP contribution is -2.28. The Hall–Kier alpha value is -2.77. The molecule has 3 heterocycles. The highest BCUT2D eigenvalue weighted by atomic mass is 35.5. The summed E-state index contributed by atoms with van der Waals surface area (Å²) in [4.78, 5) is 30.8. The number of H-pyrrole nitrogens is 1. The highest BCUT2D eigenvalue weighted by molar-refractivity contribution is 7.15. The largest absolute Gasteiger partial charge is 0.493 e. The van der Waals surface area contributed by atoms with Crippen molar-refractivity contribution in [3.63, 3.8) is 0 Å². The zero-order valence-corrected chi connectivity index (χ0v) is 17.5. The fourth-order valence-corrected chi connectivity index (χ4v) is 4.59. The molecule has 29 heavy (non-hydrogen) atoms. The van der Waals surface area contributed by atoms with Gasteiger partial charge in [-0.05, 0) is 25.0 Å². The number of aromatic amines is 1. The van der Waals surface area contributed by atoms with Gasteiger partial charge in [-0.25, -0.2) is 4.79 Å². The summed E-state index contributed by atoms with van der Waals surface area (Å²) < 4.78 is 11.0. The highest BCUT2D eigenvalue weighted by Crippen LogP contribution is 2.37. The van der Waals surface area contributed by atoms with Gasteiger partial charge in [0.15, 0.2) is 5.75 Å². The number of hydrogen-bond donors (Lipinski definition) is 1. The Morgan fingerprint density at radius 1 is 1.31 bits per heavy atom. The summed E-state index contributed by atoms with van der Waals surface area (Å²) in [5.41, 5.74) is 3.32. The van der Waals surface area contributed by atoms with Gasteiger partial charge in [0.25, 0.3) is 5.91 Å². The Labute approximate surface area is 176 Å². The van der Waals surface area contributed by atoms with E-state index in [1.807, 2.05) is 24.3 Å². The van der Waals surface area contributed by atoms with Crippen molar-refractivity contribution in [2.24, 2.45) is 0 Å². The number of halogens is 1. The third-order valence-corrected chi connectivity index (χ3v) is 6.05. The first-order valence-corrected chi connectivity index (χ1v) is 10.4. The molecule has 150 valence electrons. The van der Waals surface area contributed by atoms with Crippen LogP contribution in [0.15, 0.2) is 35.8 Å². The minimum Gasteiger partial charge on any atom is -0.493 e. The first-order chi connectivity index (χ1) is 14.0. The van der Waals surface area contributed by atoms with Crippen molar-refractivity contribution >= 4 is 51.3 Å². The van der Waals surface area contributed by atoms with Crippen molar-refractivity contribution in [3.05, 3.63) is 57.0 Å². The molecule has 2 aromatic heterocycles. The van der Waals surface area contributed by atoms with Crippen molar-refractivity contribution < 1.29 is 19.1 Å². The second-order valence-electron chi connectivity index (χ2n) is 6.49. The van der Waals surface area contributed by atoms with Gasteiger partial charge in [-0.1, -0.05) is 29.8 Å². The van der Waals surface area contributed by atoms with Gasteiger partial charge in [0, 0.05) is 29.0 Å². The second-order valence-corrected chi connectivity index (χ2v) is 7.97. The Bertz CT molecular complexity index is 1130. The number of fused-ring (bicyclic) bond motifs is 3. The summed E-state index contributed by atoms with van der Waals surface area (Å²) >= 11 is 7.36.